The second kappa shape index (κ2) is 1.97. The van der Waals surface area contributed by atoms with E-state index >= 15 is 0 Å². The van der Waals surface area contributed by atoms with E-state index in [0.29, 0.717) is 6.42 Å². The van der Waals surface area contributed by atoms with Gasteiger partial charge in [0.1, 0.15) is 0 Å². The van der Waals surface area contributed by atoms with Crippen LogP contribution >= 0.6 is 0 Å². The van der Waals surface area contributed by atoms with Crippen LogP contribution in [0.3, 0.4) is 0 Å². The molecule has 1 saturated carbocycles. The van der Waals surface area contributed by atoms with Crippen molar-refractivity contribution in [2.24, 2.45) is 11.8 Å². The number of hydrogen-bond acceptors (Lipinski definition) is 3. The van der Waals surface area contributed by atoms with Crippen molar-refractivity contribution in [3.8, 4) is 0 Å². The van der Waals surface area contributed by atoms with Gasteiger partial charge in [0.2, 0.25) is 0 Å². The molecule has 9 heavy (non-hydrogen) atoms. The van der Waals surface area contributed by atoms with Gasteiger partial charge in [-0.05, 0) is 6.42 Å². The minimum absolute atomic E-state index is 0.396. The minimum atomic E-state index is -1.45. The van der Waals surface area contributed by atoms with E-state index in [-0.39, 0.29) is 0 Å². The number of rotatable bonds is 2. The van der Waals surface area contributed by atoms with Crippen molar-refractivity contribution in [1.82, 2.24) is 0 Å². The van der Waals surface area contributed by atoms with Crippen LogP contribution in [-0.4, -0.2) is 27.6 Å². The molecule has 4 nitrogen and oxygen atoms in total. The fraction of sp³-hybridized carbons (Fsp3) is 0.800. The second-order valence-electron chi connectivity index (χ2n) is 2.26. The van der Waals surface area contributed by atoms with Gasteiger partial charge in [0.05, 0.1) is 5.92 Å². The summed E-state index contributed by atoms with van der Waals surface area (Å²) in [6, 6.07) is 0. The summed E-state index contributed by atoms with van der Waals surface area (Å²) < 4.78 is 0. The monoisotopic (exact) mass is 132 g/mol. The van der Waals surface area contributed by atoms with Gasteiger partial charge in [0.25, 0.3) is 0 Å². The average molecular weight is 132 g/mol. The normalized spacial score (nSPS) is 32.8. The lowest BCUT2D eigenvalue weighted by molar-refractivity contribution is -0.141. The zero-order valence-corrected chi connectivity index (χ0v) is 4.69. The van der Waals surface area contributed by atoms with E-state index in [9.17, 15) is 4.79 Å². The Morgan fingerprint density at radius 1 is 1.56 bits per heavy atom. The van der Waals surface area contributed by atoms with Gasteiger partial charge in [-0.15, -0.1) is 0 Å². The summed E-state index contributed by atoms with van der Waals surface area (Å²) in [5.74, 6) is -1.89. The summed E-state index contributed by atoms with van der Waals surface area (Å²) in [7, 11) is 0. The topological polar surface area (TPSA) is 77.8 Å². The Morgan fingerprint density at radius 3 is 2.22 bits per heavy atom. The van der Waals surface area contributed by atoms with Crippen LogP contribution < -0.4 is 0 Å². The molecule has 0 heterocycles. The molecule has 0 aromatic rings. The van der Waals surface area contributed by atoms with Gasteiger partial charge in [-0.3, -0.25) is 4.79 Å². The first-order valence-electron chi connectivity index (χ1n) is 2.72. The van der Waals surface area contributed by atoms with Crippen molar-refractivity contribution in [1.29, 1.82) is 0 Å². The van der Waals surface area contributed by atoms with Crippen LogP contribution in [0, 0.1) is 11.8 Å². The molecule has 0 aliphatic heterocycles. The number of aliphatic hydroxyl groups is 2. The molecule has 0 bridgehead atoms. The lowest BCUT2D eigenvalue weighted by Gasteiger charge is -1.96. The molecule has 1 aliphatic rings. The number of carbonyl (C=O) groups is 1. The molecule has 4 heteroatoms. The highest BCUT2D eigenvalue weighted by atomic mass is 16.5. The maximum absolute atomic E-state index is 10.1. The van der Waals surface area contributed by atoms with Crippen LogP contribution in [-0.2, 0) is 4.79 Å². The van der Waals surface area contributed by atoms with E-state index in [4.69, 9.17) is 15.3 Å². The summed E-state index contributed by atoms with van der Waals surface area (Å²) in [5, 5.41) is 25.1. The van der Waals surface area contributed by atoms with E-state index < -0.39 is 24.1 Å². The molecule has 3 N–H and O–H groups in total. The van der Waals surface area contributed by atoms with Crippen molar-refractivity contribution in [3.63, 3.8) is 0 Å². The highest BCUT2D eigenvalue weighted by Gasteiger charge is 2.47. The summed E-state index contributed by atoms with van der Waals surface area (Å²) >= 11 is 0. The molecule has 1 aliphatic carbocycles. The molecule has 0 aromatic carbocycles. The molecular formula is C5H8O4. The molecule has 1 fully saturated rings. The van der Waals surface area contributed by atoms with Gasteiger partial charge < -0.3 is 15.3 Å². The minimum Gasteiger partial charge on any atom is -0.481 e. The lowest BCUT2D eigenvalue weighted by Crippen LogP contribution is -2.11. The first-order valence-corrected chi connectivity index (χ1v) is 2.72. The summed E-state index contributed by atoms with van der Waals surface area (Å²) in [5.41, 5.74) is 0. The van der Waals surface area contributed by atoms with Gasteiger partial charge in [-0.2, -0.15) is 0 Å². The van der Waals surface area contributed by atoms with Gasteiger partial charge >= 0.3 is 5.97 Å². The molecule has 0 unspecified atom stereocenters. The van der Waals surface area contributed by atoms with E-state index in [2.05, 4.69) is 0 Å². The molecule has 0 spiro atoms. The average Bonchev–Trinajstić information content (AvgIpc) is 2.39. The Balaban J connectivity index is 2.33. The Morgan fingerprint density at radius 2 is 2.11 bits per heavy atom. The van der Waals surface area contributed by atoms with Gasteiger partial charge in [-0.1, -0.05) is 0 Å². The molecule has 0 radical (unpaired) electrons. The summed E-state index contributed by atoms with van der Waals surface area (Å²) in [4.78, 5) is 10.1. The molecule has 1 rings (SSSR count). The van der Waals surface area contributed by atoms with Gasteiger partial charge in [0.15, 0.2) is 6.29 Å². The number of hydrogen-bond donors (Lipinski definition) is 3. The lowest BCUT2D eigenvalue weighted by atomic mass is 10.3. The predicted octanol–water partition coefficient (Wildman–Crippen LogP) is -0.982. The van der Waals surface area contributed by atoms with E-state index in [1.165, 1.54) is 0 Å². The van der Waals surface area contributed by atoms with Crippen LogP contribution in [0.5, 0.6) is 0 Å². The Kier molecular flexibility index (Phi) is 1.42. The third-order valence-corrected chi connectivity index (χ3v) is 1.54. The van der Waals surface area contributed by atoms with Crippen LogP contribution in [0.1, 0.15) is 6.42 Å². The predicted molar refractivity (Wildman–Crippen MR) is 27.5 cm³/mol. The van der Waals surface area contributed by atoms with Crippen LogP contribution in [0.15, 0.2) is 0 Å². The van der Waals surface area contributed by atoms with Gasteiger partial charge in [-0.25, -0.2) is 0 Å². The molecule has 0 amide bonds. The van der Waals surface area contributed by atoms with Crippen molar-refractivity contribution >= 4 is 5.97 Å². The summed E-state index contributed by atoms with van der Waals surface area (Å²) in [6.45, 7) is 0. The highest BCUT2D eigenvalue weighted by molar-refractivity contribution is 5.73. The summed E-state index contributed by atoms with van der Waals surface area (Å²) in [6.07, 6.45) is -1.06. The standard InChI is InChI=1S/C5H8O4/c6-4(7)2-1-3(2)5(8)9/h2-4,6-7H,1H2,(H,8,9)/t2-,3-/m0/s1. The number of aliphatic carboxylic acids is 1. The largest absolute Gasteiger partial charge is 0.481 e. The fourth-order valence-corrected chi connectivity index (χ4v) is 0.828. The van der Waals surface area contributed by atoms with Crippen LogP contribution in [0.4, 0.5) is 0 Å². The van der Waals surface area contributed by atoms with Crippen molar-refractivity contribution in [2.75, 3.05) is 0 Å². The first kappa shape index (κ1) is 6.51. The van der Waals surface area contributed by atoms with E-state index in [1.807, 2.05) is 0 Å². The third kappa shape index (κ3) is 1.20. The molecule has 0 saturated heterocycles. The fourth-order valence-electron chi connectivity index (χ4n) is 0.828. The second-order valence-corrected chi connectivity index (χ2v) is 2.26. The maximum Gasteiger partial charge on any atom is 0.306 e. The maximum atomic E-state index is 10.1. The third-order valence-electron chi connectivity index (χ3n) is 1.54. The van der Waals surface area contributed by atoms with Gasteiger partial charge in [0, 0.05) is 5.92 Å². The Labute approximate surface area is 51.7 Å². The molecule has 2 atom stereocenters. The Bertz CT molecular complexity index is 131. The SMILES string of the molecule is O=C(O)[C@H]1C[C@@H]1C(O)O. The quantitative estimate of drug-likeness (QED) is 0.422. The van der Waals surface area contributed by atoms with Crippen molar-refractivity contribution in [3.05, 3.63) is 0 Å². The Hall–Kier alpha value is -0.610. The molecule has 52 valence electrons. The van der Waals surface area contributed by atoms with Crippen molar-refractivity contribution in [2.45, 2.75) is 12.7 Å². The zero-order valence-electron chi connectivity index (χ0n) is 4.69. The smallest absolute Gasteiger partial charge is 0.306 e. The molecule has 0 aromatic heterocycles. The number of carboxylic acids is 1. The van der Waals surface area contributed by atoms with Crippen LogP contribution in [0.2, 0.25) is 0 Å². The number of aliphatic hydroxyl groups excluding tert-OH is 1. The first-order chi connectivity index (χ1) is 4.13. The highest BCUT2D eigenvalue weighted by Crippen LogP contribution is 2.40. The van der Waals surface area contributed by atoms with Crippen LogP contribution in [0.25, 0.3) is 0 Å². The molecular weight excluding hydrogens is 124 g/mol. The number of carboxylic acid groups (broad SMARTS) is 1. The van der Waals surface area contributed by atoms with E-state index in [0.717, 1.165) is 0 Å². The van der Waals surface area contributed by atoms with Crippen molar-refractivity contribution < 1.29 is 20.1 Å². The van der Waals surface area contributed by atoms with E-state index in [1.54, 1.807) is 0 Å². The zero-order chi connectivity index (χ0) is 7.02.